The van der Waals surface area contributed by atoms with E-state index in [1.807, 2.05) is 18.8 Å². The van der Waals surface area contributed by atoms with Crippen molar-refractivity contribution in [2.45, 2.75) is 12.5 Å². The molecule has 0 amide bonds. The van der Waals surface area contributed by atoms with Gasteiger partial charge in [0.1, 0.15) is 0 Å². The Morgan fingerprint density at radius 3 is 3.15 bits per heavy atom. The molecule has 1 aliphatic heterocycles. The molecule has 1 rings (SSSR count). The van der Waals surface area contributed by atoms with E-state index in [1.54, 1.807) is 0 Å². The largest absolute Gasteiger partial charge is 0.316 e. The number of likely N-dealkylation sites (tertiary alicyclic amines) is 1. The van der Waals surface area contributed by atoms with Crippen molar-refractivity contribution in [3.8, 4) is 12.3 Å². The van der Waals surface area contributed by atoms with Crippen molar-refractivity contribution in [2.75, 3.05) is 38.2 Å². The molecular formula is C10H18N2S. The van der Waals surface area contributed by atoms with E-state index in [1.165, 1.54) is 31.8 Å². The Morgan fingerprint density at radius 2 is 2.54 bits per heavy atom. The summed E-state index contributed by atoms with van der Waals surface area (Å²) in [5.41, 5.74) is 0. The second kappa shape index (κ2) is 6.31. The highest BCUT2D eigenvalue weighted by atomic mass is 32.2. The Hall–Kier alpha value is -0.170. The fraction of sp³-hybridized carbons (Fsp3) is 0.800. The molecule has 0 saturated carbocycles. The zero-order chi connectivity index (χ0) is 9.52. The van der Waals surface area contributed by atoms with Crippen LogP contribution in [0, 0.1) is 12.3 Å². The number of nitrogens with one attached hydrogen (secondary N) is 1. The van der Waals surface area contributed by atoms with E-state index in [-0.39, 0.29) is 0 Å². The summed E-state index contributed by atoms with van der Waals surface area (Å²) < 4.78 is 0. The standard InChI is InChI=1S/C10H18N2S/c1-3-7-13-8-6-12-5-4-10(9-12)11-2/h1,10-11H,4-9H2,2H3. The predicted molar refractivity (Wildman–Crippen MR) is 60.1 cm³/mol. The molecule has 1 aliphatic rings. The lowest BCUT2D eigenvalue weighted by molar-refractivity contribution is 0.351. The van der Waals surface area contributed by atoms with Gasteiger partial charge in [-0.3, -0.25) is 0 Å². The van der Waals surface area contributed by atoms with E-state index in [9.17, 15) is 0 Å². The molecule has 3 heteroatoms. The van der Waals surface area contributed by atoms with Crippen LogP contribution in [0.4, 0.5) is 0 Å². The lowest BCUT2D eigenvalue weighted by atomic mass is 10.3. The highest BCUT2D eigenvalue weighted by molar-refractivity contribution is 7.99. The molecule has 0 aromatic carbocycles. The van der Waals surface area contributed by atoms with Crippen LogP contribution in [0.2, 0.25) is 0 Å². The third-order valence-corrected chi connectivity index (χ3v) is 3.26. The minimum absolute atomic E-state index is 0.706. The van der Waals surface area contributed by atoms with Crippen molar-refractivity contribution in [1.29, 1.82) is 0 Å². The van der Waals surface area contributed by atoms with Gasteiger partial charge in [-0.05, 0) is 20.0 Å². The van der Waals surface area contributed by atoms with E-state index in [0.717, 1.165) is 5.75 Å². The minimum Gasteiger partial charge on any atom is -0.316 e. The second-order valence-corrected chi connectivity index (χ2v) is 4.44. The van der Waals surface area contributed by atoms with Gasteiger partial charge in [-0.1, -0.05) is 5.92 Å². The van der Waals surface area contributed by atoms with Crippen LogP contribution in [0.5, 0.6) is 0 Å². The van der Waals surface area contributed by atoms with Gasteiger partial charge in [-0.25, -0.2) is 0 Å². The Morgan fingerprint density at radius 1 is 1.69 bits per heavy atom. The summed E-state index contributed by atoms with van der Waals surface area (Å²) in [5.74, 6) is 4.66. The summed E-state index contributed by atoms with van der Waals surface area (Å²) in [7, 11) is 2.04. The van der Waals surface area contributed by atoms with Crippen LogP contribution in [0.3, 0.4) is 0 Å². The first kappa shape index (κ1) is 10.9. The molecule has 1 heterocycles. The molecule has 1 N–H and O–H groups in total. The average molecular weight is 198 g/mol. The van der Waals surface area contributed by atoms with Gasteiger partial charge in [0.05, 0.1) is 5.75 Å². The quantitative estimate of drug-likeness (QED) is 0.516. The van der Waals surface area contributed by atoms with Crippen LogP contribution in [0.25, 0.3) is 0 Å². The zero-order valence-electron chi connectivity index (χ0n) is 8.25. The van der Waals surface area contributed by atoms with Crippen LogP contribution in [0.1, 0.15) is 6.42 Å². The summed E-state index contributed by atoms with van der Waals surface area (Å²) in [6, 6.07) is 0.706. The monoisotopic (exact) mass is 198 g/mol. The number of nitrogens with zero attached hydrogens (tertiary/aromatic N) is 1. The highest BCUT2D eigenvalue weighted by Gasteiger charge is 2.19. The van der Waals surface area contributed by atoms with Crippen molar-refractivity contribution in [3.63, 3.8) is 0 Å². The number of likely N-dealkylation sites (N-methyl/N-ethyl adjacent to an activating group) is 1. The van der Waals surface area contributed by atoms with Gasteiger partial charge in [0.2, 0.25) is 0 Å². The van der Waals surface area contributed by atoms with Gasteiger partial charge in [-0.2, -0.15) is 0 Å². The highest BCUT2D eigenvalue weighted by Crippen LogP contribution is 2.09. The van der Waals surface area contributed by atoms with Crippen molar-refractivity contribution in [2.24, 2.45) is 0 Å². The number of terminal acetylenes is 1. The van der Waals surface area contributed by atoms with Crippen molar-refractivity contribution < 1.29 is 0 Å². The molecule has 0 bridgehead atoms. The van der Waals surface area contributed by atoms with E-state index >= 15 is 0 Å². The molecule has 1 unspecified atom stereocenters. The molecule has 1 atom stereocenters. The second-order valence-electron chi connectivity index (χ2n) is 3.33. The third kappa shape index (κ3) is 4.04. The molecule has 0 aromatic heterocycles. The van der Waals surface area contributed by atoms with Crippen LogP contribution >= 0.6 is 11.8 Å². The van der Waals surface area contributed by atoms with Gasteiger partial charge >= 0.3 is 0 Å². The molecule has 13 heavy (non-hydrogen) atoms. The first-order valence-electron chi connectivity index (χ1n) is 4.77. The summed E-state index contributed by atoms with van der Waals surface area (Å²) in [6.45, 7) is 3.62. The Bertz CT molecular complexity index is 176. The van der Waals surface area contributed by atoms with Crippen molar-refractivity contribution in [3.05, 3.63) is 0 Å². The van der Waals surface area contributed by atoms with E-state index < -0.39 is 0 Å². The maximum Gasteiger partial charge on any atom is 0.0545 e. The zero-order valence-corrected chi connectivity index (χ0v) is 9.07. The fourth-order valence-corrected chi connectivity index (χ4v) is 2.25. The first-order valence-corrected chi connectivity index (χ1v) is 5.93. The molecule has 74 valence electrons. The summed E-state index contributed by atoms with van der Waals surface area (Å²) in [5, 5.41) is 3.31. The summed E-state index contributed by atoms with van der Waals surface area (Å²) >= 11 is 1.85. The van der Waals surface area contributed by atoms with E-state index in [2.05, 4.69) is 16.1 Å². The van der Waals surface area contributed by atoms with Crippen molar-refractivity contribution >= 4 is 11.8 Å². The minimum atomic E-state index is 0.706. The third-order valence-electron chi connectivity index (χ3n) is 2.42. The normalized spacial score (nSPS) is 23.2. The maximum atomic E-state index is 5.17. The Labute approximate surface area is 85.4 Å². The van der Waals surface area contributed by atoms with Crippen LogP contribution in [-0.2, 0) is 0 Å². The summed E-state index contributed by atoms with van der Waals surface area (Å²) in [6.07, 6.45) is 6.46. The predicted octanol–water partition coefficient (Wildman–Crippen LogP) is 0.646. The molecule has 2 nitrogen and oxygen atoms in total. The fourth-order valence-electron chi connectivity index (χ4n) is 1.60. The molecule has 0 aromatic rings. The SMILES string of the molecule is C#CCSCCN1CCC(NC)C1. The van der Waals surface area contributed by atoms with E-state index in [0.29, 0.717) is 6.04 Å². The Kier molecular flexibility index (Phi) is 5.29. The van der Waals surface area contributed by atoms with E-state index in [4.69, 9.17) is 6.42 Å². The molecule has 1 saturated heterocycles. The summed E-state index contributed by atoms with van der Waals surface area (Å²) in [4.78, 5) is 2.50. The average Bonchev–Trinajstić information content (AvgIpc) is 2.60. The van der Waals surface area contributed by atoms with Gasteiger partial charge < -0.3 is 10.2 Å². The topological polar surface area (TPSA) is 15.3 Å². The lowest BCUT2D eigenvalue weighted by Crippen LogP contribution is -2.30. The first-order chi connectivity index (χ1) is 6.36. The lowest BCUT2D eigenvalue weighted by Gasteiger charge is -2.14. The van der Waals surface area contributed by atoms with Gasteiger partial charge in [0.15, 0.2) is 0 Å². The number of hydrogen-bond donors (Lipinski definition) is 1. The molecule has 0 radical (unpaired) electrons. The van der Waals surface area contributed by atoms with Crippen LogP contribution in [-0.4, -0.2) is 49.1 Å². The molecule has 0 aliphatic carbocycles. The van der Waals surface area contributed by atoms with Gasteiger partial charge in [0.25, 0.3) is 0 Å². The van der Waals surface area contributed by atoms with Crippen LogP contribution < -0.4 is 5.32 Å². The number of hydrogen-bond acceptors (Lipinski definition) is 3. The van der Waals surface area contributed by atoms with Gasteiger partial charge in [0, 0.05) is 24.9 Å². The smallest absolute Gasteiger partial charge is 0.0545 e. The number of thioether (sulfide) groups is 1. The molecule has 0 spiro atoms. The van der Waals surface area contributed by atoms with Crippen molar-refractivity contribution in [1.82, 2.24) is 10.2 Å². The number of rotatable bonds is 5. The Balaban J connectivity index is 2.01. The molecule has 1 fully saturated rings. The van der Waals surface area contributed by atoms with Gasteiger partial charge in [-0.15, -0.1) is 18.2 Å². The molecular weight excluding hydrogens is 180 g/mol. The van der Waals surface area contributed by atoms with Crippen LogP contribution in [0.15, 0.2) is 0 Å². The maximum absolute atomic E-state index is 5.17.